The molecule has 2 aliphatic carbocycles. The summed E-state index contributed by atoms with van der Waals surface area (Å²) < 4.78 is 0. The van der Waals surface area contributed by atoms with Crippen molar-refractivity contribution in [3.8, 4) is 0 Å². The van der Waals surface area contributed by atoms with Gasteiger partial charge in [0.15, 0.2) is 5.84 Å². The lowest BCUT2D eigenvalue weighted by molar-refractivity contribution is 0.114. The van der Waals surface area contributed by atoms with Gasteiger partial charge >= 0.3 is 0 Å². The summed E-state index contributed by atoms with van der Waals surface area (Å²) in [6, 6.07) is 0. The molecule has 1 heterocycles. The summed E-state index contributed by atoms with van der Waals surface area (Å²) in [4.78, 5) is 4.89. The Kier molecular flexibility index (Phi) is 3.93. The minimum absolute atomic E-state index is 0.321. The van der Waals surface area contributed by atoms with Crippen molar-refractivity contribution in [2.45, 2.75) is 25.7 Å². The molecule has 1 saturated heterocycles. The summed E-state index contributed by atoms with van der Waals surface area (Å²) in [6.45, 7) is 6.24. The van der Waals surface area contributed by atoms with E-state index in [9.17, 15) is 0 Å². The van der Waals surface area contributed by atoms with E-state index in [1.807, 2.05) is 0 Å². The fourth-order valence-electron chi connectivity index (χ4n) is 4.32. The molecule has 5 nitrogen and oxygen atoms in total. The fourth-order valence-corrected chi connectivity index (χ4v) is 4.32. The van der Waals surface area contributed by atoms with Gasteiger partial charge in [0.25, 0.3) is 0 Å². The van der Waals surface area contributed by atoms with Crippen molar-refractivity contribution in [3.63, 3.8) is 0 Å². The number of hydrogen-bond acceptors (Lipinski definition) is 4. The lowest BCUT2D eigenvalue weighted by atomic mass is 9.88. The van der Waals surface area contributed by atoms with Gasteiger partial charge in [-0.1, -0.05) is 11.6 Å². The van der Waals surface area contributed by atoms with Crippen LogP contribution in [-0.2, 0) is 0 Å². The molecule has 2 saturated carbocycles. The molecule has 3 atom stereocenters. The standard InChI is InChI=1S/C14H26N4O/c15-14(16-19)10-18-5-3-17(4-6-18)9-13-8-11-1-2-12(13)7-11/h11-13,19H,1-10H2,(H2,15,16). The topological polar surface area (TPSA) is 65.1 Å². The summed E-state index contributed by atoms with van der Waals surface area (Å²) in [5, 5.41) is 11.6. The third kappa shape index (κ3) is 3.03. The number of hydrogen-bond donors (Lipinski definition) is 2. The molecule has 3 aliphatic rings. The molecule has 0 aromatic heterocycles. The molecule has 0 aromatic rings. The highest BCUT2D eigenvalue weighted by Gasteiger charge is 2.40. The first kappa shape index (κ1) is 13.2. The molecule has 3 N–H and O–H groups in total. The van der Waals surface area contributed by atoms with Crippen molar-refractivity contribution in [2.24, 2.45) is 28.6 Å². The van der Waals surface area contributed by atoms with E-state index in [2.05, 4.69) is 15.0 Å². The van der Waals surface area contributed by atoms with Gasteiger partial charge in [-0.3, -0.25) is 4.90 Å². The van der Waals surface area contributed by atoms with Gasteiger partial charge in [0, 0.05) is 32.7 Å². The fraction of sp³-hybridized carbons (Fsp3) is 0.929. The maximum atomic E-state index is 8.59. The van der Waals surface area contributed by atoms with Crippen LogP contribution in [0.4, 0.5) is 0 Å². The summed E-state index contributed by atoms with van der Waals surface area (Å²) in [6.07, 6.45) is 5.97. The predicted molar refractivity (Wildman–Crippen MR) is 75.2 cm³/mol. The van der Waals surface area contributed by atoms with Gasteiger partial charge in [0.1, 0.15) is 0 Å². The van der Waals surface area contributed by atoms with Crippen LogP contribution in [0, 0.1) is 17.8 Å². The highest BCUT2D eigenvalue weighted by molar-refractivity contribution is 5.81. The first-order chi connectivity index (χ1) is 9.24. The van der Waals surface area contributed by atoms with Crippen molar-refractivity contribution in [2.75, 3.05) is 39.3 Å². The van der Waals surface area contributed by atoms with Crippen LogP contribution >= 0.6 is 0 Å². The molecule has 3 rings (SSSR count). The van der Waals surface area contributed by atoms with Crippen molar-refractivity contribution >= 4 is 5.84 Å². The van der Waals surface area contributed by atoms with Crippen LogP contribution in [0.1, 0.15) is 25.7 Å². The molecule has 1 aliphatic heterocycles. The molecular formula is C14H26N4O. The van der Waals surface area contributed by atoms with Crippen molar-refractivity contribution in [1.29, 1.82) is 0 Å². The number of nitrogens with zero attached hydrogens (tertiary/aromatic N) is 3. The van der Waals surface area contributed by atoms with Gasteiger partial charge in [-0.05, 0) is 37.0 Å². The minimum Gasteiger partial charge on any atom is -0.409 e. The molecule has 0 spiro atoms. The van der Waals surface area contributed by atoms with Crippen LogP contribution in [0.3, 0.4) is 0 Å². The van der Waals surface area contributed by atoms with E-state index in [0.717, 1.165) is 43.9 Å². The van der Waals surface area contributed by atoms with Crippen LogP contribution in [0.25, 0.3) is 0 Å². The maximum Gasteiger partial charge on any atom is 0.153 e. The Hall–Kier alpha value is -0.810. The molecule has 3 unspecified atom stereocenters. The van der Waals surface area contributed by atoms with Crippen LogP contribution in [-0.4, -0.2) is 60.1 Å². The molecule has 3 fully saturated rings. The normalized spacial score (nSPS) is 37.1. The van der Waals surface area contributed by atoms with Crippen LogP contribution in [0.15, 0.2) is 5.16 Å². The second kappa shape index (κ2) is 5.67. The van der Waals surface area contributed by atoms with Crippen LogP contribution < -0.4 is 5.73 Å². The molecule has 2 bridgehead atoms. The molecule has 0 aromatic carbocycles. The largest absolute Gasteiger partial charge is 0.409 e. The van der Waals surface area contributed by atoms with E-state index >= 15 is 0 Å². The summed E-state index contributed by atoms with van der Waals surface area (Å²) in [5.74, 6) is 3.37. The van der Waals surface area contributed by atoms with Gasteiger partial charge in [-0.25, -0.2) is 0 Å². The van der Waals surface area contributed by atoms with E-state index in [1.165, 1.54) is 32.2 Å². The average molecular weight is 266 g/mol. The SMILES string of the molecule is NC(CN1CCN(CC2CC3CCC2C3)CC1)=NO. The highest BCUT2D eigenvalue weighted by atomic mass is 16.4. The Bertz CT molecular complexity index is 338. The van der Waals surface area contributed by atoms with Crippen LogP contribution in [0.5, 0.6) is 0 Å². The van der Waals surface area contributed by atoms with E-state index in [4.69, 9.17) is 10.9 Å². The Balaban J connectivity index is 1.41. The zero-order valence-electron chi connectivity index (χ0n) is 11.7. The summed E-state index contributed by atoms with van der Waals surface area (Å²) in [7, 11) is 0. The number of nitrogens with two attached hydrogens (primary N) is 1. The average Bonchev–Trinajstić information content (AvgIpc) is 3.03. The van der Waals surface area contributed by atoms with Gasteiger partial charge in [0.2, 0.25) is 0 Å². The number of amidine groups is 1. The third-order valence-corrected chi connectivity index (χ3v) is 5.36. The van der Waals surface area contributed by atoms with E-state index in [1.54, 1.807) is 0 Å². The molecule has 0 radical (unpaired) electrons. The number of oxime groups is 1. The van der Waals surface area contributed by atoms with Gasteiger partial charge < -0.3 is 15.8 Å². The maximum absolute atomic E-state index is 8.59. The number of piperazine rings is 1. The molecule has 108 valence electrons. The second-order valence-electron chi connectivity index (χ2n) is 6.60. The lowest BCUT2D eigenvalue weighted by Crippen LogP contribution is -2.50. The Morgan fingerprint density at radius 1 is 1.11 bits per heavy atom. The van der Waals surface area contributed by atoms with E-state index < -0.39 is 0 Å². The monoisotopic (exact) mass is 266 g/mol. The van der Waals surface area contributed by atoms with E-state index in [0.29, 0.717) is 12.4 Å². The molecular weight excluding hydrogens is 240 g/mol. The summed E-state index contributed by atoms with van der Waals surface area (Å²) >= 11 is 0. The first-order valence-corrected chi connectivity index (χ1v) is 7.65. The van der Waals surface area contributed by atoms with Gasteiger partial charge in [-0.15, -0.1) is 0 Å². The zero-order valence-corrected chi connectivity index (χ0v) is 11.7. The van der Waals surface area contributed by atoms with Gasteiger partial charge in [0.05, 0.1) is 6.54 Å². The minimum atomic E-state index is 0.321. The second-order valence-corrected chi connectivity index (χ2v) is 6.60. The lowest BCUT2D eigenvalue weighted by Gasteiger charge is -2.37. The first-order valence-electron chi connectivity index (χ1n) is 7.65. The molecule has 19 heavy (non-hydrogen) atoms. The number of fused-ring (bicyclic) bond motifs is 2. The number of rotatable bonds is 4. The van der Waals surface area contributed by atoms with Crippen molar-refractivity contribution < 1.29 is 5.21 Å². The van der Waals surface area contributed by atoms with E-state index in [-0.39, 0.29) is 0 Å². The van der Waals surface area contributed by atoms with Crippen LogP contribution in [0.2, 0.25) is 0 Å². The van der Waals surface area contributed by atoms with Crippen molar-refractivity contribution in [1.82, 2.24) is 9.80 Å². The Morgan fingerprint density at radius 3 is 2.42 bits per heavy atom. The molecule has 0 amide bonds. The van der Waals surface area contributed by atoms with Crippen molar-refractivity contribution in [3.05, 3.63) is 0 Å². The highest BCUT2D eigenvalue weighted by Crippen LogP contribution is 2.48. The third-order valence-electron chi connectivity index (χ3n) is 5.36. The molecule has 5 heteroatoms. The Labute approximate surface area is 115 Å². The quantitative estimate of drug-likeness (QED) is 0.342. The smallest absolute Gasteiger partial charge is 0.153 e. The predicted octanol–water partition coefficient (Wildman–Crippen LogP) is 0.787. The Morgan fingerprint density at radius 2 is 1.84 bits per heavy atom. The van der Waals surface area contributed by atoms with Gasteiger partial charge in [-0.2, -0.15) is 0 Å². The summed E-state index contributed by atoms with van der Waals surface area (Å²) in [5.41, 5.74) is 5.56. The zero-order chi connectivity index (χ0) is 13.2.